The van der Waals surface area contributed by atoms with Crippen molar-refractivity contribution >= 4 is 28.6 Å². The van der Waals surface area contributed by atoms with E-state index in [1.165, 1.54) is 6.08 Å². The number of amides is 1. The Balaban J connectivity index is 1.41. The molecule has 1 amide bonds. The molecule has 0 aromatic carbocycles. The first-order valence-electron chi connectivity index (χ1n) is 11.0. The first-order chi connectivity index (χ1) is 15.7. The Bertz CT molecular complexity index is 1110. The molecule has 2 fully saturated rings. The van der Waals surface area contributed by atoms with Crippen molar-refractivity contribution in [1.82, 2.24) is 24.8 Å². The molecule has 166 valence electrons. The van der Waals surface area contributed by atoms with Crippen LogP contribution in [-0.2, 0) is 9.53 Å². The maximum atomic E-state index is 12.0. The minimum Gasteiger partial charge on any atom is -0.378 e. The molecule has 3 aromatic rings. The third-order valence-corrected chi connectivity index (χ3v) is 6.11. The van der Waals surface area contributed by atoms with E-state index in [9.17, 15) is 4.79 Å². The molecule has 2 aliphatic heterocycles. The van der Waals surface area contributed by atoms with Crippen LogP contribution in [-0.4, -0.2) is 76.2 Å². The van der Waals surface area contributed by atoms with Crippen LogP contribution >= 0.6 is 0 Å². The Morgan fingerprint density at radius 1 is 1.22 bits per heavy atom. The van der Waals surface area contributed by atoms with Crippen molar-refractivity contribution in [2.24, 2.45) is 0 Å². The molecule has 2 N–H and O–H groups in total. The van der Waals surface area contributed by atoms with Gasteiger partial charge in [-0.3, -0.25) is 4.79 Å². The van der Waals surface area contributed by atoms with Crippen LogP contribution in [0.15, 0.2) is 43.5 Å². The predicted octanol–water partition coefficient (Wildman–Crippen LogP) is 2.45. The predicted molar refractivity (Wildman–Crippen MR) is 124 cm³/mol. The molecule has 2 aliphatic rings. The number of morpholine rings is 1. The standard InChI is InChI=1S/C23H27N7O2/c1-2-20(31)30-7-3-4-17(14-30)28-23-21-18(13-25-22(21)26-15-27-23)16-5-6-19(24-12-16)29-8-10-32-11-9-29/h2,5-6,12-13,15,17H,1,3-4,7-11,14H2,(H2,25,26,27,28)/t17-/m1/s1. The van der Waals surface area contributed by atoms with Crippen molar-refractivity contribution in [3.63, 3.8) is 0 Å². The summed E-state index contributed by atoms with van der Waals surface area (Å²) in [6.45, 7) is 8.18. The van der Waals surface area contributed by atoms with E-state index in [2.05, 4.69) is 43.9 Å². The van der Waals surface area contributed by atoms with Gasteiger partial charge in [0.1, 0.15) is 23.6 Å². The number of aromatic amines is 1. The summed E-state index contributed by atoms with van der Waals surface area (Å²) in [4.78, 5) is 33.0. The molecule has 0 unspecified atom stereocenters. The second kappa shape index (κ2) is 8.96. The van der Waals surface area contributed by atoms with Gasteiger partial charge in [-0.1, -0.05) is 6.58 Å². The summed E-state index contributed by atoms with van der Waals surface area (Å²) in [5.41, 5.74) is 2.77. The number of carbonyl (C=O) groups is 1. The number of nitrogens with one attached hydrogen (secondary N) is 2. The quantitative estimate of drug-likeness (QED) is 0.596. The van der Waals surface area contributed by atoms with Gasteiger partial charge < -0.3 is 24.8 Å². The normalized spacial score (nSPS) is 19.2. The molecular formula is C23H27N7O2. The van der Waals surface area contributed by atoms with Gasteiger partial charge in [0.2, 0.25) is 5.91 Å². The zero-order chi connectivity index (χ0) is 21.9. The van der Waals surface area contributed by atoms with Gasteiger partial charge in [0.25, 0.3) is 0 Å². The number of piperidine rings is 1. The highest BCUT2D eigenvalue weighted by molar-refractivity contribution is 6.00. The van der Waals surface area contributed by atoms with Crippen molar-refractivity contribution in [1.29, 1.82) is 0 Å². The monoisotopic (exact) mass is 433 g/mol. The summed E-state index contributed by atoms with van der Waals surface area (Å²) in [7, 11) is 0. The zero-order valence-corrected chi connectivity index (χ0v) is 18.0. The first-order valence-corrected chi connectivity index (χ1v) is 11.0. The topological polar surface area (TPSA) is 99.3 Å². The molecule has 5 rings (SSSR count). The Morgan fingerprint density at radius 3 is 2.88 bits per heavy atom. The average Bonchev–Trinajstić information content (AvgIpc) is 3.30. The number of hydrogen-bond acceptors (Lipinski definition) is 7. The number of anilines is 2. The van der Waals surface area contributed by atoms with Crippen molar-refractivity contribution in [3.05, 3.63) is 43.5 Å². The molecule has 9 nitrogen and oxygen atoms in total. The number of rotatable bonds is 5. The van der Waals surface area contributed by atoms with Crippen LogP contribution in [0.3, 0.4) is 0 Å². The minimum absolute atomic E-state index is 0.0295. The number of likely N-dealkylation sites (tertiary alicyclic amines) is 1. The van der Waals surface area contributed by atoms with Gasteiger partial charge in [-0.15, -0.1) is 0 Å². The lowest BCUT2D eigenvalue weighted by Crippen LogP contribution is -2.44. The molecule has 9 heteroatoms. The van der Waals surface area contributed by atoms with Crippen LogP contribution in [0.4, 0.5) is 11.6 Å². The molecule has 5 heterocycles. The van der Waals surface area contributed by atoms with Gasteiger partial charge in [0.15, 0.2) is 0 Å². The van der Waals surface area contributed by atoms with Gasteiger partial charge in [-0.05, 0) is 31.1 Å². The third-order valence-electron chi connectivity index (χ3n) is 6.11. The van der Waals surface area contributed by atoms with Crippen molar-refractivity contribution < 1.29 is 9.53 Å². The molecule has 0 saturated carbocycles. The van der Waals surface area contributed by atoms with Gasteiger partial charge in [-0.25, -0.2) is 15.0 Å². The zero-order valence-electron chi connectivity index (χ0n) is 18.0. The Kier molecular flexibility index (Phi) is 5.72. The van der Waals surface area contributed by atoms with Crippen molar-refractivity contribution in [3.8, 4) is 11.1 Å². The fraction of sp³-hybridized carbons (Fsp3) is 0.391. The van der Waals surface area contributed by atoms with E-state index in [1.807, 2.05) is 17.3 Å². The Hall–Kier alpha value is -3.46. The molecular weight excluding hydrogens is 406 g/mol. The number of H-pyrrole nitrogens is 1. The van der Waals surface area contributed by atoms with E-state index >= 15 is 0 Å². The van der Waals surface area contributed by atoms with E-state index in [0.29, 0.717) is 6.54 Å². The molecule has 0 aliphatic carbocycles. The average molecular weight is 434 g/mol. The molecule has 0 spiro atoms. The summed E-state index contributed by atoms with van der Waals surface area (Å²) >= 11 is 0. The number of ether oxygens (including phenoxy) is 1. The van der Waals surface area contributed by atoms with Crippen LogP contribution in [0.2, 0.25) is 0 Å². The highest BCUT2D eigenvalue weighted by Gasteiger charge is 2.24. The molecule has 32 heavy (non-hydrogen) atoms. The second-order valence-corrected chi connectivity index (χ2v) is 8.12. The highest BCUT2D eigenvalue weighted by Crippen LogP contribution is 2.33. The fourth-order valence-electron chi connectivity index (χ4n) is 4.44. The summed E-state index contributed by atoms with van der Waals surface area (Å²) in [6.07, 6.45) is 8.70. The van der Waals surface area contributed by atoms with Gasteiger partial charge in [0, 0.05) is 55.7 Å². The van der Waals surface area contributed by atoms with Crippen molar-refractivity contribution in [2.75, 3.05) is 49.6 Å². The van der Waals surface area contributed by atoms with Crippen LogP contribution in [0.25, 0.3) is 22.2 Å². The Morgan fingerprint density at radius 2 is 2.09 bits per heavy atom. The smallest absolute Gasteiger partial charge is 0.246 e. The SMILES string of the molecule is C=CC(=O)N1CCC[C@@H](Nc2ncnc3[nH]cc(-c4ccc(N5CCOCC5)nc4)c23)C1. The third kappa shape index (κ3) is 4.03. The number of aromatic nitrogens is 4. The number of fused-ring (bicyclic) bond motifs is 1. The minimum atomic E-state index is -0.0295. The Labute approximate surface area is 186 Å². The van der Waals surface area contributed by atoms with Crippen LogP contribution in [0, 0.1) is 0 Å². The summed E-state index contributed by atoms with van der Waals surface area (Å²) in [6, 6.07) is 4.26. The van der Waals surface area contributed by atoms with E-state index in [4.69, 9.17) is 9.72 Å². The number of hydrogen-bond donors (Lipinski definition) is 2. The lowest BCUT2D eigenvalue weighted by Gasteiger charge is -2.32. The van der Waals surface area contributed by atoms with E-state index < -0.39 is 0 Å². The van der Waals surface area contributed by atoms with E-state index in [-0.39, 0.29) is 11.9 Å². The summed E-state index contributed by atoms with van der Waals surface area (Å²) in [5, 5.41) is 4.48. The van der Waals surface area contributed by atoms with Crippen LogP contribution < -0.4 is 10.2 Å². The fourth-order valence-corrected chi connectivity index (χ4v) is 4.44. The van der Waals surface area contributed by atoms with E-state index in [1.54, 1.807) is 6.33 Å². The largest absolute Gasteiger partial charge is 0.378 e. The molecule has 2 saturated heterocycles. The maximum absolute atomic E-state index is 12.0. The summed E-state index contributed by atoms with van der Waals surface area (Å²) < 4.78 is 5.43. The number of carbonyl (C=O) groups excluding carboxylic acids is 1. The molecule has 0 radical (unpaired) electrons. The highest BCUT2D eigenvalue weighted by atomic mass is 16.5. The molecule has 3 aromatic heterocycles. The lowest BCUT2D eigenvalue weighted by molar-refractivity contribution is -0.127. The molecule has 0 bridgehead atoms. The van der Waals surface area contributed by atoms with Gasteiger partial charge in [-0.2, -0.15) is 0 Å². The second-order valence-electron chi connectivity index (χ2n) is 8.12. The van der Waals surface area contributed by atoms with Gasteiger partial charge >= 0.3 is 0 Å². The van der Waals surface area contributed by atoms with E-state index in [0.717, 1.165) is 79.5 Å². The number of nitrogens with zero attached hydrogens (tertiary/aromatic N) is 5. The van der Waals surface area contributed by atoms with Crippen molar-refractivity contribution in [2.45, 2.75) is 18.9 Å². The number of pyridine rings is 1. The summed E-state index contributed by atoms with van der Waals surface area (Å²) in [5.74, 6) is 1.69. The van der Waals surface area contributed by atoms with Crippen LogP contribution in [0.5, 0.6) is 0 Å². The maximum Gasteiger partial charge on any atom is 0.246 e. The molecule has 1 atom stereocenters. The van der Waals surface area contributed by atoms with Crippen LogP contribution in [0.1, 0.15) is 12.8 Å². The first kappa shape index (κ1) is 20.4. The van der Waals surface area contributed by atoms with Gasteiger partial charge in [0.05, 0.1) is 18.6 Å². The lowest BCUT2D eigenvalue weighted by atomic mass is 10.0.